The van der Waals surface area contributed by atoms with Gasteiger partial charge in [-0.3, -0.25) is 0 Å². The van der Waals surface area contributed by atoms with Crippen molar-refractivity contribution in [2.75, 3.05) is 0 Å². The van der Waals surface area contributed by atoms with Crippen LogP contribution in [0.15, 0.2) is 24.3 Å². The van der Waals surface area contributed by atoms with Gasteiger partial charge in [-0.25, -0.2) is 0 Å². The van der Waals surface area contributed by atoms with E-state index < -0.39 is 27.0 Å². The maximum Gasteiger partial charge on any atom is 0.534 e. The molecule has 0 radical (unpaired) electrons. The number of phenols is 1. The van der Waals surface area contributed by atoms with E-state index in [-0.39, 0.29) is 17.1 Å². The molecule has 0 atom stereocenters. The van der Waals surface area contributed by atoms with Crippen molar-refractivity contribution in [2.45, 2.75) is 25.0 Å². The largest absolute Gasteiger partial charge is 0.534 e. The fraction of sp³-hybridized carbons (Fsp3) is 0.333. The molecule has 116 valence electrons. The van der Waals surface area contributed by atoms with E-state index in [1.165, 1.54) is 26.0 Å². The molecule has 0 spiro atoms. The first-order chi connectivity index (χ1) is 9.41. The van der Waals surface area contributed by atoms with Gasteiger partial charge < -0.3 is 14.0 Å². The predicted molar refractivity (Wildman–Crippen MR) is 66.9 cm³/mol. The minimum atomic E-state index is -5.79. The molecule has 1 aliphatic heterocycles. The molecule has 1 aromatic carbocycles. The Labute approximate surface area is 118 Å². The lowest BCUT2D eigenvalue weighted by atomic mass is 10.0. The second kappa shape index (κ2) is 4.55. The van der Waals surface area contributed by atoms with Crippen LogP contribution < -0.4 is 4.74 Å². The molecule has 0 fully saturated rings. The highest BCUT2D eigenvalue weighted by atomic mass is 32.2. The van der Waals surface area contributed by atoms with E-state index >= 15 is 0 Å². The quantitative estimate of drug-likeness (QED) is 0.669. The van der Waals surface area contributed by atoms with Gasteiger partial charge in [-0.1, -0.05) is 0 Å². The third kappa shape index (κ3) is 3.07. The van der Waals surface area contributed by atoms with Gasteiger partial charge in [-0.05, 0) is 26.0 Å². The van der Waals surface area contributed by atoms with Crippen LogP contribution in [0.5, 0.6) is 11.5 Å². The number of aromatic hydroxyl groups is 1. The highest BCUT2D eigenvalue weighted by Gasteiger charge is 2.49. The van der Waals surface area contributed by atoms with Crippen molar-refractivity contribution in [3.8, 4) is 11.5 Å². The highest BCUT2D eigenvalue weighted by molar-refractivity contribution is 7.87. The first-order valence-corrected chi connectivity index (χ1v) is 7.08. The second-order valence-electron chi connectivity index (χ2n) is 4.88. The van der Waals surface area contributed by atoms with Gasteiger partial charge in [0.25, 0.3) is 0 Å². The summed E-state index contributed by atoms with van der Waals surface area (Å²) in [7, 11) is -5.79. The van der Waals surface area contributed by atoms with Crippen LogP contribution in [0.3, 0.4) is 0 Å². The van der Waals surface area contributed by atoms with Gasteiger partial charge in [-0.2, -0.15) is 21.6 Å². The standard InChI is InChI=1S/C12H11F3O5S/c1-11(2)6-10(20-21(17,18)12(13,14)15)8-4-3-7(16)5-9(8)19-11/h3-6,16H,1-2H3. The number of halogens is 3. The van der Waals surface area contributed by atoms with Crippen molar-refractivity contribution in [3.05, 3.63) is 29.8 Å². The van der Waals surface area contributed by atoms with Gasteiger partial charge in [-0.15, -0.1) is 0 Å². The van der Waals surface area contributed by atoms with E-state index in [0.29, 0.717) is 0 Å². The Morgan fingerprint density at radius 3 is 2.48 bits per heavy atom. The zero-order valence-electron chi connectivity index (χ0n) is 10.9. The number of rotatable bonds is 2. The summed E-state index contributed by atoms with van der Waals surface area (Å²) in [5, 5.41) is 9.37. The van der Waals surface area contributed by atoms with Crippen LogP contribution in [0.4, 0.5) is 13.2 Å². The zero-order valence-corrected chi connectivity index (χ0v) is 11.7. The Morgan fingerprint density at radius 2 is 1.90 bits per heavy atom. The van der Waals surface area contributed by atoms with Crippen LogP contribution >= 0.6 is 0 Å². The Bertz CT molecular complexity index is 704. The molecular formula is C12H11F3O5S. The van der Waals surface area contributed by atoms with Crippen LogP contribution in [0.2, 0.25) is 0 Å². The van der Waals surface area contributed by atoms with E-state index in [9.17, 15) is 26.7 Å². The lowest BCUT2D eigenvalue weighted by Crippen LogP contribution is -2.31. The number of benzene rings is 1. The number of ether oxygens (including phenoxy) is 1. The Morgan fingerprint density at radius 1 is 1.29 bits per heavy atom. The molecule has 0 amide bonds. The Kier molecular flexibility index (Phi) is 3.36. The van der Waals surface area contributed by atoms with Gasteiger partial charge in [0.1, 0.15) is 17.1 Å². The zero-order chi connectivity index (χ0) is 16.1. The van der Waals surface area contributed by atoms with Crippen molar-refractivity contribution >= 4 is 15.9 Å². The number of phenolic OH excluding ortho intramolecular Hbond substituents is 1. The maximum absolute atomic E-state index is 12.4. The monoisotopic (exact) mass is 324 g/mol. The van der Waals surface area contributed by atoms with Crippen molar-refractivity contribution in [1.82, 2.24) is 0 Å². The summed E-state index contributed by atoms with van der Waals surface area (Å²) < 4.78 is 69.1. The summed E-state index contributed by atoms with van der Waals surface area (Å²) in [6.07, 6.45) is 1.12. The first kappa shape index (κ1) is 15.5. The third-order valence-corrected chi connectivity index (χ3v) is 3.53. The molecular weight excluding hydrogens is 313 g/mol. The van der Waals surface area contributed by atoms with Gasteiger partial charge in [0.15, 0.2) is 5.76 Å². The fourth-order valence-corrected chi connectivity index (χ4v) is 2.21. The van der Waals surface area contributed by atoms with Gasteiger partial charge in [0, 0.05) is 12.1 Å². The van der Waals surface area contributed by atoms with Crippen LogP contribution in [0.25, 0.3) is 5.76 Å². The molecule has 1 N–H and O–H groups in total. The molecule has 0 aliphatic carbocycles. The molecule has 1 aromatic rings. The third-order valence-electron chi connectivity index (χ3n) is 2.57. The van der Waals surface area contributed by atoms with E-state index in [1.54, 1.807) is 0 Å². The molecule has 0 saturated carbocycles. The van der Waals surface area contributed by atoms with Crippen LogP contribution in [-0.4, -0.2) is 24.6 Å². The van der Waals surface area contributed by atoms with E-state index in [2.05, 4.69) is 4.18 Å². The molecule has 21 heavy (non-hydrogen) atoms. The van der Waals surface area contributed by atoms with Crippen molar-refractivity contribution < 1.29 is 35.6 Å². The summed E-state index contributed by atoms with van der Waals surface area (Å²) in [5.74, 6) is -0.655. The normalized spacial score (nSPS) is 17.5. The SMILES string of the molecule is CC1(C)C=C(OS(=O)(=O)C(F)(F)F)c2ccc(O)cc2O1. The van der Waals surface area contributed by atoms with Gasteiger partial charge >= 0.3 is 15.6 Å². The van der Waals surface area contributed by atoms with Gasteiger partial charge in [0.05, 0.1) is 5.56 Å². The average Bonchev–Trinajstić information content (AvgIpc) is 2.24. The molecule has 0 bridgehead atoms. The molecule has 1 aliphatic rings. The van der Waals surface area contributed by atoms with Crippen molar-refractivity contribution in [1.29, 1.82) is 0 Å². The number of fused-ring (bicyclic) bond motifs is 1. The van der Waals surface area contributed by atoms with E-state index in [0.717, 1.165) is 12.1 Å². The number of hydrogen-bond acceptors (Lipinski definition) is 5. The van der Waals surface area contributed by atoms with Crippen molar-refractivity contribution in [2.24, 2.45) is 0 Å². The number of alkyl halides is 3. The Balaban J connectivity index is 2.50. The summed E-state index contributed by atoms with van der Waals surface area (Å²) in [6.45, 7) is 3.01. The minimum absolute atomic E-state index is 0.0000463. The summed E-state index contributed by atoms with van der Waals surface area (Å²) >= 11 is 0. The molecule has 5 nitrogen and oxygen atoms in total. The Hall–Kier alpha value is -1.90. The lowest BCUT2D eigenvalue weighted by Gasteiger charge is -2.30. The second-order valence-corrected chi connectivity index (χ2v) is 6.42. The fourth-order valence-electron chi connectivity index (χ4n) is 1.74. The minimum Gasteiger partial charge on any atom is -0.508 e. The lowest BCUT2D eigenvalue weighted by molar-refractivity contribution is -0.0510. The first-order valence-electron chi connectivity index (χ1n) is 5.67. The molecule has 0 aromatic heterocycles. The molecule has 0 saturated heterocycles. The van der Waals surface area contributed by atoms with E-state index in [4.69, 9.17) is 4.74 Å². The number of hydrogen-bond donors (Lipinski definition) is 1. The summed E-state index contributed by atoms with van der Waals surface area (Å²) in [6, 6.07) is 3.54. The average molecular weight is 324 g/mol. The summed E-state index contributed by atoms with van der Waals surface area (Å²) in [5.41, 5.74) is -6.63. The molecule has 2 rings (SSSR count). The van der Waals surface area contributed by atoms with Crippen LogP contribution in [0.1, 0.15) is 19.4 Å². The molecule has 9 heteroatoms. The van der Waals surface area contributed by atoms with Crippen LogP contribution in [0, 0.1) is 0 Å². The molecule has 1 heterocycles. The topological polar surface area (TPSA) is 72.8 Å². The highest BCUT2D eigenvalue weighted by Crippen LogP contribution is 2.40. The van der Waals surface area contributed by atoms with Crippen LogP contribution in [-0.2, 0) is 14.3 Å². The van der Waals surface area contributed by atoms with E-state index in [1.807, 2.05) is 0 Å². The summed E-state index contributed by atoms with van der Waals surface area (Å²) in [4.78, 5) is 0. The maximum atomic E-state index is 12.4. The van der Waals surface area contributed by atoms with Gasteiger partial charge in [0.2, 0.25) is 0 Å². The smallest absolute Gasteiger partial charge is 0.508 e. The van der Waals surface area contributed by atoms with Crippen molar-refractivity contribution in [3.63, 3.8) is 0 Å². The predicted octanol–water partition coefficient (Wildman–Crippen LogP) is 2.77. The molecule has 0 unspecified atom stereocenters.